The molecule has 0 saturated heterocycles. The van der Waals surface area contributed by atoms with E-state index in [0.717, 1.165) is 22.2 Å². The third-order valence-electron chi connectivity index (χ3n) is 4.39. The molecule has 0 spiro atoms. The largest absolute Gasteiger partial charge is 0.483 e. The van der Waals surface area contributed by atoms with Crippen molar-refractivity contribution in [2.75, 3.05) is 13.7 Å². The lowest BCUT2D eigenvalue weighted by Crippen LogP contribution is -2.30. The lowest BCUT2D eigenvalue weighted by Gasteiger charge is -2.11. The molecule has 0 unspecified atom stereocenters. The lowest BCUT2D eigenvalue weighted by molar-refractivity contribution is -0.141. The van der Waals surface area contributed by atoms with Crippen LogP contribution in [0.2, 0.25) is 0 Å². The Balaban J connectivity index is 1.67. The number of nitrogens with one attached hydrogen (secondary N) is 1. The van der Waals surface area contributed by atoms with Gasteiger partial charge in [-0.15, -0.1) is 0 Å². The zero-order valence-corrected chi connectivity index (χ0v) is 16.2. The molecule has 0 aliphatic heterocycles. The van der Waals surface area contributed by atoms with Gasteiger partial charge in [-0.25, -0.2) is 4.98 Å². The zero-order valence-electron chi connectivity index (χ0n) is 16.2. The van der Waals surface area contributed by atoms with Crippen LogP contribution < -0.4 is 10.1 Å². The van der Waals surface area contributed by atoms with E-state index in [2.05, 4.69) is 10.3 Å². The molecule has 0 fully saturated rings. The molecule has 1 heterocycles. The van der Waals surface area contributed by atoms with Gasteiger partial charge in [0.05, 0.1) is 24.7 Å². The van der Waals surface area contributed by atoms with E-state index in [1.165, 1.54) is 7.11 Å². The van der Waals surface area contributed by atoms with E-state index < -0.39 is 0 Å². The predicted octanol–water partition coefficient (Wildman–Crippen LogP) is 2.52. The summed E-state index contributed by atoms with van der Waals surface area (Å²) < 4.78 is 12.1. The van der Waals surface area contributed by atoms with E-state index in [0.29, 0.717) is 11.6 Å². The molecule has 0 bridgehead atoms. The highest BCUT2D eigenvalue weighted by atomic mass is 16.5. The molecule has 0 radical (unpaired) electrons. The van der Waals surface area contributed by atoms with Gasteiger partial charge < -0.3 is 19.4 Å². The summed E-state index contributed by atoms with van der Waals surface area (Å²) in [7, 11) is 1.34. The smallest absolute Gasteiger partial charge is 0.325 e. The quantitative estimate of drug-likeness (QED) is 0.636. The number of carbonyl (C=O) groups excluding carboxylic acids is 2. The van der Waals surface area contributed by atoms with Crippen LogP contribution in [0.5, 0.6) is 5.75 Å². The molecule has 7 heteroatoms. The number of nitrogens with zero attached hydrogens (tertiary/aromatic N) is 2. The molecule has 28 heavy (non-hydrogen) atoms. The van der Waals surface area contributed by atoms with Gasteiger partial charge >= 0.3 is 5.97 Å². The molecule has 2 aromatic carbocycles. The number of esters is 1. The van der Waals surface area contributed by atoms with Crippen LogP contribution in [0, 0.1) is 13.8 Å². The van der Waals surface area contributed by atoms with Crippen molar-refractivity contribution in [3.05, 3.63) is 59.4 Å². The van der Waals surface area contributed by atoms with E-state index in [9.17, 15) is 9.59 Å². The van der Waals surface area contributed by atoms with Gasteiger partial charge in [0, 0.05) is 0 Å². The van der Waals surface area contributed by atoms with Crippen molar-refractivity contribution in [1.82, 2.24) is 14.9 Å². The predicted molar refractivity (Wildman–Crippen MR) is 105 cm³/mol. The summed E-state index contributed by atoms with van der Waals surface area (Å²) in [6, 6.07) is 13.3. The number of benzene rings is 2. The van der Waals surface area contributed by atoms with E-state index >= 15 is 0 Å². The summed E-state index contributed by atoms with van der Waals surface area (Å²) >= 11 is 0. The molecule has 146 valence electrons. The van der Waals surface area contributed by atoms with Crippen LogP contribution in [-0.2, 0) is 27.4 Å². The van der Waals surface area contributed by atoms with Gasteiger partial charge in [-0.1, -0.05) is 24.3 Å². The SMILES string of the molecule is COC(=O)Cn1c(CNC(=O)COc2cc(C)ccc2C)nc2ccccc21. The van der Waals surface area contributed by atoms with Crippen LogP contribution in [-0.4, -0.2) is 35.1 Å². The Kier molecular flexibility index (Phi) is 5.93. The molecule has 1 N–H and O–H groups in total. The average Bonchev–Trinajstić information content (AvgIpc) is 3.04. The molecule has 1 amide bonds. The monoisotopic (exact) mass is 381 g/mol. The summed E-state index contributed by atoms with van der Waals surface area (Å²) in [5.41, 5.74) is 3.60. The number of hydrogen-bond donors (Lipinski definition) is 1. The second kappa shape index (κ2) is 8.56. The Morgan fingerprint density at radius 2 is 1.93 bits per heavy atom. The number of fused-ring (bicyclic) bond motifs is 1. The number of aromatic nitrogens is 2. The van der Waals surface area contributed by atoms with Crippen LogP contribution in [0.15, 0.2) is 42.5 Å². The van der Waals surface area contributed by atoms with E-state index in [4.69, 9.17) is 9.47 Å². The second-order valence-electron chi connectivity index (χ2n) is 6.51. The van der Waals surface area contributed by atoms with Crippen molar-refractivity contribution in [3.8, 4) is 5.75 Å². The summed E-state index contributed by atoms with van der Waals surface area (Å²) in [5, 5.41) is 2.80. The summed E-state index contributed by atoms with van der Waals surface area (Å²) in [4.78, 5) is 28.5. The highest BCUT2D eigenvalue weighted by molar-refractivity contribution is 5.80. The Morgan fingerprint density at radius 1 is 1.14 bits per heavy atom. The minimum atomic E-state index is -0.381. The number of carbonyl (C=O) groups is 2. The van der Waals surface area contributed by atoms with Crippen molar-refractivity contribution in [1.29, 1.82) is 0 Å². The average molecular weight is 381 g/mol. The van der Waals surface area contributed by atoms with Crippen LogP contribution >= 0.6 is 0 Å². The third kappa shape index (κ3) is 4.49. The maximum Gasteiger partial charge on any atom is 0.325 e. The Morgan fingerprint density at radius 3 is 2.71 bits per heavy atom. The molecule has 1 aromatic heterocycles. The first kappa shape index (κ1) is 19.4. The molecule has 3 rings (SSSR count). The maximum atomic E-state index is 12.2. The Labute approximate surface area is 163 Å². The van der Waals surface area contributed by atoms with Crippen molar-refractivity contribution in [2.45, 2.75) is 26.9 Å². The number of para-hydroxylation sites is 2. The Bertz CT molecular complexity index is 1010. The number of ether oxygens (including phenoxy) is 2. The molecule has 0 aliphatic carbocycles. The highest BCUT2D eigenvalue weighted by Gasteiger charge is 2.15. The van der Waals surface area contributed by atoms with Gasteiger partial charge in [-0.05, 0) is 43.2 Å². The number of imidazole rings is 1. The van der Waals surface area contributed by atoms with Gasteiger partial charge in [-0.3, -0.25) is 9.59 Å². The van der Waals surface area contributed by atoms with Crippen LogP contribution in [0.1, 0.15) is 17.0 Å². The first-order valence-corrected chi connectivity index (χ1v) is 8.95. The molecule has 0 aliphatic rings. The standard InChI is InChI=1S/C21H23N3O4/c1-14-8-9-15(2)18(10-14)28-13-20(25)22-11-19-23-16-6-4-5-7-17(16)24(19)12-21(26)27-3/h4-10H,11-13H2,1-3H3,(H,22,25). The van der Waals surface area contributed by atoms with Gasteiger partial charge in [0.15, 0.2) is 6.61 Å². The first-order valence-electron chi connectivity index (χ1n) is 8.95. The second-order valence-corrected chi connectivity index (χ2v) is 6.51. The minimum Gasteiger partial charge on any atom is -0.483 e. The summed E-state index contributed by atoms with van der Waals surface area (Å²) in [6.45, 7) is 4.02. The number of rotatable bonds is 7. The fourth-order valence-corrected chi connectivity index (χ4v) is 2.87. The van der Waals surface area contributed by atoms with E-state index in [1.54, 1.807) is 4.57 Å². The van der Waals surface area contributed by atoms with E-state index in [1.807, 2.05) is 56.3 Å². The van der Waals surface area contributed by atoms with Crippen molar-refractivity contribution < 1.29 is 19.1 Å². The normalized spacial score (nSPS) is 10.7. The molecule has 0 saturated carbocycles. The fourth-order valence-electron chi connectivity index (χ4n) is 2.87. The van der Waals surface area contributed by atoms with Gasteiger partial charge in [0.25, 0.3) is 5.91 Å². The fraction of sp³-hybridized carbons (Fsp3) is 0.286. The van der Waals surface area contributed by atoms with E-state index in [-0.39, 0.29) is 31.6 Å². The molecular formula is C21H23N3O4. The molecule has 0 atom stereocenters. The van der Waals surface area contributed by atoms with Crippen LogP contribution in [0.25, 0.3) is 11.0 Å². The Hall–Kier alpha value is -3.35. The lowest BCUT2D eigenvalue weighted by atomic mass is 10.1. The number of hydrogen-bond acceptors (Lipinski definition) is 5. The third-order valence-corrected chi connectivity index (χ3v) is 4.39. The van der Waals surface area contributed by atoms with Crippen LogP contribution in [0.3, 0.4) is 0 Å². The number of aryl methyl sites for hydroxylation is 2. The van der Waals surface area contributed by atoms with Crippen molar-refractivity contribution in [3.63, 3.8) is 0 Å². The first-order chi connectivity index (χ1) is 13.5. The van der Waals surface area contributed by atoms with Gasteiger partial charge in [-0.2, -0.15) is 0 Å². The van der Waals surface area contributed by atoms with Crippen molar-refractivity contribution >= 4 is 22.9 Å². The highest BCUT2D eigenvalue weighted by Crippen LogP contribution is 2.19. The summed E-state index contributed by atoms with van der Waals surface area (Å²) in [5.74, 6) is 0.617. The number of methoxy groups -OCH3 is 1. The van der Waals surface area contributed by atoms with Crippen molar-refractivity contribution in [2.24, 2.45) is 0 Å². The zero-order chi connectivity index (χ0) is 20.1. The summed E-state index contributed by atoms with van der Waals surface area (Å²) in [6.07, 6.45) is 0. The van der Waals surface area contributed by atoms with Gasteiger partial charge in [0.2, 0.25) is 0 Å². The van der Waals surface area contributed by atoms with Crippen LogP contribution in [0.4, 0.5) is 0 Å². The maximum absolute atomic E-state index is 12.2. The molecule has 3 aromatic rings. The van der Waals surface area contributed by atoms with Gasteiger partial charge in [0.1, 0.15) is 18.1 Å². The molecule has 7 nitrogen and oxygen atoms in total. The molecular weight excluding hydrogens is 358 g/mol. The minimum absolute atomic E-state index is 0.0290. The number of amides is 1. The topological polar surface area (TPSA) is 82.5 Å².